The Kier molecular flexibility index (Phi) is 10.4. The summed E-state index contributed by atoms with van der Waals surface area (Å²) in [4.78, 5) is 26.5. The van der Waals surface area contributed by atoms with Gasteiger partial charge in [0.05, 0.1) is 16.8 Å². The summed E-state index contributed by atoms with van der Waals surface area (Å²) in [7, 11) is 0. The summed E-state index contributed by atoms with van der Waals surface area (Å²) in [5.74, 6) is 5.86. The Morgan fingerprint density at radius 2 is 0.889 bits per heavy atom. The van der Waals surface area contributed by atoms with Gasteiger partial charge in [-0.3, -0.25) is 9.59 Å². The van der Waals surface area contributed by atoms with Crippen LogP contribution in [0.2, 0.25) is 0 Å². The third-order valence-electron chi connectivity index (χ3n) is 11.0. The van der Waals surface area contributed by atoms with Gasteiger partial charge in [0.2, 0.25) is 0 Å². The molecule has 8 heteroatoms. The summed E-state index contributed by atoms with van der Waals surface area (Å²) in [5.41, 5.74) is 8.06. The monoisotopic (exact) mass is 820 g/mol. The van der Waals surface area contributed by atoms with Gasteiger partial charge in [-0.15, -0.1) is 12.8 Å². The van der Waals surface area contributed by atoms with E-state index in [1.165, 1.54) is 24.3 Å². The number of ether oxygens (including phenoxy) is 2. The highest BCUT2D eigenvalue weighted by molar-refractivity contribution is 6.06. The number of carbonyl (C=O) groups excluding carboxylic acids is 2. The topological polar surface area (TPSA) is 117 Å². The van der Waals surface area contributed by atoms with Crippen molar-refractivity contribution in [3.63, 3.8) is 0 Å². The number of benzene rings is 8. The molecule has 4 N–H and O–H groups in total. The molecule has 8 aromatic carbocycles. The summed E-state index contributed by atoms with van der Waals surface area (Å²) in [6.45, 7) is 0. The van der Waals surface area contributed by atoms with E-state index in [0.29, 0.717) is 45.3 Å². The van der Waals surface area contributed by atoms with Crippen molar-refractivity contribution in [2.75, 3.05) is 10.6 Å². The molecule has 0 saturated heterocycles. The first-order valence-electron chi connectivity index (χ1n) is 19.9. The Balaban J connectivity index is 1.04. The number of phenols is 2. The number of fused-ring (bicyclic) bond motifs is 3. The smallest absolute Gasteiger partial charge is 0.255 e. The number of amides is 2. The summed E-state index contributed by atoms with van der Waals surface area (Å²) in [6, 6.07) is 54.9. The van der Waals surface area contributed by atoms with E-state index in [2.05, 4.69) is 46.7 Å². The molecule has 0 bridgehead atoms. The first kappa shape index (κ1) is 39.5. The summed E-state index contributed by atoms with van der Waals surface area (Å²) in [5, 5.41) is 26.4. The van der Waals surface area contributed by atoms with Crippen LogP contribution in [-0.4, -0.2) is 22.0 Å². The van der Waals surface area contributed by atoms with E-state index in [4.69, 9.17) is 22.3 Å². The van der Waals surface area contributed by atoms with Crippen LogP contribution in [0.5, 0.6) is 34.5 Å². The van der Waals surface area contributed by atoms with Gasteiger partial charge in [-0.2, -0.15) is 0 Å². The fourth-order valence-electron chi connectivity index (χ4n) is 8.12. The van der Waals surface area contributed by atoms with Crippen molar-refractivity contribution >= 4 is 23.2 Å². The van der Waals surface area contributed by atoms with Crippen LogP contribution in [0.4, 0.5) is 11.4 Å². The van der Waals surface area contributed by atoms with E-state index in [9.17, 15) is 19.8 Å². The molecule has 0 unspecified atom stereocenters. The van der Waals surface area contributed by atoms with Gasteiger partial charge in [0.1, 0.15) is 23.0 Å². The largest absolute Gasteiger partial charge is 0.508 e. The van der Waals surface area contributed by atoms with Crippen molar-refractivity contribution in [3.05, 3.63) is 226 Å². The SMILES string of the molecule is C#Cc1cccc(C(=O)Nc2cc(O)ccc2Oc2ccc(C3(c4ccc(Oc5ccc(O)cc5NC(=O)c5cccc(C#C)c5)cc4)c4ccccc4-c4ccccc43)cc2)c1. The number of phenolic OH excluding ortho intramolecular Hbond substituents is 2. The minimum atomic E-state index is -0.751. The fourth-order valence-corrected chi connectivity index (χ4v) is 8.12. The van der Waals surface area contributed by atoms with Crippen molar-refractivity contribution in [1.82, 2.24) is 0 Å². The van der Waals surface area contributed by atoms with Crippen LogP contribution in [0.15, 0.2) is 182 Å². The van der Waals surface area contributed by atoms with Gasteiger partial charge in [0.15, 0.2) is 11.5 Å². The van der Waals surface area contributed by atoms with Crippen LogP contribution < -0.4 is 20.1 Å². The highest BCUT2D eigenvalue weighted by Crippen LogP contribution is 2.56. The molecular formula is C55H36N2O6. The molecule has 0 aliphatic heterocycles. The molecule has 8 aromatic rings. The van der Waals surface area contributed by atoms with Crippen molar-refractivity contribution in [3.8, 4) is 70.3 Å². The van der Waals surface area contributed by atoms with Gasteiger partial charge < -0.3 is 30.3 Å². The van der Waals surface area contributed by atoms with Gasteiger partial charge in [-0.1, -0.05) is 96.8 Å². The Morgan fingerprint density at radius 1 is 0.476 bits per heavy atom. The predicted molar refractivity (Wildman–Crippen MR) is 245 cm³/mol. The van der Waals surface area contributed by atoms with Gasteiger partial charge in [0, 0.05) is 34.4 Å². The van der Waals surface area contributed by atoms with Gasteiger partial charge in [-0.25, -0.2) is 0 Å². The maximum absolute atomic E-state index is 13.3. The van der Waals surface area contributed by atoms with Crippen molar-refractivity contribution in [1.29, 1.82) is 0 Å². The highest BCUT2D eigenvalue weighted by atomic mass is 16.5. The number of carbonyl (C=O) groups is 2. The average Bonchev–Trinajstić information content (AvgIpc) is 3.62. The predicted octanol–water partition coefficient (Wildman–Crippen LogP) is 11.5. The lowest BCUT2D eigenvalue weighted by molar-refractivity contribution is 0.101. The number of aromatic hydroxyl groups is 2. The summed E-state index contributed by atoms with van der Waals surface area (Å²) < 4.78 is 12.7. The highest BCUT2D eigenvalue weighted by Gasteiger charge is 2.46. The molecule has 302 valence electrons. The molecule has 0 radical (unpaired) electrons. The first-order chi connectivity index (χ1) is 30.7. The number of hydrogen-bond acceptors (Lipinski definition) is 6. The van der Waals surface area contributed by atoms with Crippen LogP contribution in [0.25, 0.3) is 11.1 Å². The summed E-state index contributed by atoms with van der Waals surface area (Å²) in [6.07, 6.45) is 11.1. The molecule has 0 heterocycles. The lowest BCUT2D eigenvalue weighted by atomic mass is 9.68. The maximum Gasteiger partial charge on any atom is 0.255 e. The molecular weight excluding hydrogens is 785 g/mol. The van der Waals surface area contributed by atoms with E-state index in [0.717, 1.165) is 33.4 Å². The number of rotatable bonds is 10. The van der Waals surface area contributed by atoms with E-state index in [1.807, 2.05) is 72.8 Å². The molecule has 2 amide bonds. The summed E-state index contributed by atoms with van der Waals surface area (Å²) >= 11 is 0. The molecule has 1 aliphatic rings. The normalized spacial score (nSPS) is 11.8. The van der Waals surface area contributed by atoms with Crippen molar-refractivity contribution in [2.45, 2.75) is 5.41 Å². The lowest BCUT2D eigenvalue weighted by Crippen LogP contribution is -2.28. The molecule has 0 atom stereocenters. The van der Waals surface area contributed by atoms with Crippen LogP contribution in [0.1, 0.15) is 54.1 Å². The number of terminal acetylenes is 2. The zero-order valence-corrected chi connectivity index (χ0v) is 33.5. The zero-order chi connectivity index (χ0) is 43.5. The molecule has 8 nitrogen and oxygen atoms in total. The Labute approximate surface area is 364 Å². The van der Waals surface area contributed by atoms with Crippen LogP contribution in [-0.2, 0) is 5.41 Å². The Hall–Kier alpha value is -8.98. The van der Waals surface area contributed by atoms with Crippen molar-refractivity contribution in [2.24, 2.45) is 0 Å². The van der Waals surface area contributed by atoms with Crippen LogP contribution in [0, 0.1) is 24.7 Å². The van der Waals surface area contributed by atoms with Crippen LogP contribution in [0.3, 0.4) is 0 Å². The Morgan fingerprint density at radius 3 is 1.30 bits per heavy atom. The molecule has 9 rings (SSSR count). The van der Waals surface area contributed by atoms with Crippen LogP contribution >= 0.6 is 0 Å². The quantitative estimate of drug-likeness (QED) is 0.102. The number of anilines is 2. The first-order valence-corrected chi connectivity index (χ1v) is 19.9. The number of hydrogen-bond donors (Lipinski definition) is 4. The van der Waals surface area contributed by atoms with Crippen molar-refractivity contribution < 1.29 is 29.3 Å². The standard InChI is InChI=1S/C55H36N2O6/c1-3-35-11-9-13-37(31-35)53(60)56-49-33-41(58)23-29-51(49)62-43-25-19-39(20-26-43)55(47-17-7-5-15-45(47)46-16-6-8-18-48(46)55)40-21-27-44(28-22-40)63-52-30-24-42(59)34-50(52)57-54(61)38-14-10-12-36(4-2)32-38/h1-2,5-34,58-59H,(H,56,60)(H,57,61). The van der Waals surface area contributed by atoms with Gasteiger partial charge in [-0.05, 0) is 118 Å². The number of nitrogens with one attached hydrogen (secondary N) is 2. The lowest BCUT2D eigenvalue weighted by Gasteiger charge is -2.34. The maximum atomic E-state index is 13.3. The second-order valence-corrected chi connectivity index (χ2v) is 14.8. The molecule has 0 fully saturated rings. The van der Waals surface area contributed by atoms with E-state index in [1.54, 1.807) is 60.7 Å². The van der Waals surface area contributed by atoms with E-state index < -0.39 is 17.2 Å². The van der Waals surface area contributed by atoms with Gasteiger partial charge >= 0.3 is 0 Å². The third kappa shape index (κ3) is 7.57. The van der Waals surface area contributed by atoms with Gasteiger partial charge in [0.25, 0.3) is 11.8 Å². The molecule has 0 aromatic heterocycles. The minimum absolute atomic E-state index is 0.0414. The fraction of sp³-hybridized carbons (Fsp3) is 0.0182. The third-order valence-corrected chi connectivity index (χ3v) is 11.0. The second-order valence-electron chi connectivity index (χ2n) is 14.8. The molecule has 63 heavy (non-hydrogen) atoms. The zero-order valence-electron chi connectivity index (χ0n) is 33.5. The molecule has 1 aliphatic carbocycles. The second kappa shape index (κ2) is 16.6. The Bertz CT molecular complexity index is 2940. The molecule has 0 spiro atoms. The van der Waals surface area contributed by atoms with E-state index in [-0.39, 0.29) is 22.9 Å². The van der Waals surface area contributed by atoms with E-state index >= 15 is 0 Å². The average molecular weight is 821 g/mol. The molecule has 0 saturated carbocycles. The minimum Gasteiger partial charge on any atom is -0.508 e.